The summed E-state index contributed by atoms with van der Waals surface area (Å²) in [5.41, 5.74) is 2.14. The van der Waals surface area contributed by atoms with Crippen molar-refractivity contribution in [2.24, 2.45) is 0 Å². The predicted molar refractivity (Wildman–Crippen MR) is 86.7 cm³/mol. The molecule has 0 saturated heterocycles. The van der Waals surface area contributed by atoms with Crippen LogP contribution in [0.1, 0.15) is 21.5 Å². The molecule has 24 heavy (non-hydrogen) atoms. The van der Waals surface area contributed by atoms with Gasteiger partial charge in [0.15, 0.2) is 0 Å². The first-order valence-corrected chi connectivity index (χ1v) is 7.73. The number of carbonyl (C=O) groups excluding carboxylic acids is 2. The maximum atomic E-state index is 13.5. The zero-order valence-corrected chi connectivity index (χ0v) is 14.2. The number of hydrogen-bond acceptors (Lipinski definition) is 2. The fraction of sp³-hybridized carbons (Fsp3) is 0.125. The van der Waals surface area contributed by atoms with E-state index in [1.165, 1.54) is 18.2 Å². The lowest BCUT2D eigenvalue weighted by Gasteiger charge is -2.15. The van der Waals surface area contributed by atoms with Gasteiger partial charge in [0.1, 0.15) is 11.6 Å². The van der Waals surface area contributed by atoms with E-state index in [9.17, 15) is 22.4 Å². The summed E-state index contributed by atoms with van der Waals surface area (Å²) in [4.78, 5) is 22.1. The van der Waals surface area contributed by atoms with Gasteiger partial charge < -0.3 is 4.90 Å². The molecule has 8 heteroatoms. The van der Waals surface area contributed by atoms with E-state index in [-0.39, 0.29) is 17.5 Å². The maximum Gasteiger partial charge on any atom is 0.483 e. The van der Waals surface area contributed by atoms with E-state index in [0.717, 1.165) is 11.1 Å². The van der Waals surface area contributed by atoms with E-state index in [1.54, 1.807) is 23.1 Å². The monoisotopic (exact) mass is 451 g/mol. The number of fused-ring (bicyclic) bond motifs is 1. The van der Waals surface area contributed by atoms with Gasteiger partial charge in [0.2, 0.25) is 0 Å². The van der Waals surface area contributed by atoms with Gasteiger partial charge >= 0.3 is 6.29 Å². The summed E-state index contributed by atoms with van der Waals surface area (Å²) in [5, 5.41) is 0. The van der Waals surface area contributed by atoms with E-state index in [0.29, 0.717) is 22.2 Å². The number of nitrogens with zero attached hydrogens (tertiary/aromatic N) is 1. The average Bonchev–Trinajstić information content (AvgIpc) is 2.82. The molecule has 0 unspecified atom stereocenters. The van der Waals surface area contributed by atoms with Gasteiger partial charge in [-0.25, -0.2) is 13.6 Å². The van der Waals surface area contributed by atoms with Crippen LogP contribution in [-0.2, 0) is 13.1 Å². The van der Waals surface area contributed by atoms with Crippen LogP contribution in [0.4, 0.5) is 22.4 Å². The molecule has 3 rings (SSSR count). The van der Waals surface area contributed by atoms with E-state index < -0.39 is 6.29 Å². The summed E-state index contributed by atoms with van der Waals surface area (Å²) in [6, 6.07) is 9.07. The Balaban J connectivity index is 0.000000471. The van der Waals surface area contributed by atoms with Gasteiger partial charge in [-0.3, -0.25) is 4.79 Å². The summed E-state index contributed by atoms with van der Waals surface area (Å²) < 4.78 is 46.1. The van der Waals surface area contributed by atoms with Crippen LogP contribution in [0.2, 0.25) is 0 Å². The molecule has 3 nitrogen and oxygen atoms in total. The van der Waals surface area contributed by atoms with Crippen molar-refractivity contribution < 1.29 is 27.2 Å². The number of rotatable bonds is 2. The van der Waals surface area contributed by atoms with Crippen LogP contribution in [-0.4, -0.2) is 17.1 Å². The van der Waals surface area contributed by atoms with Crippen molar-refractivity contribution >= 4 is 34.8 Å². The second-order valence-electron chi connectivity index (χ2n) is 4.91. The van der Waals surface area contributed by atoms with Crippen molar-refractivity contribution in [3.63, 3.8) is 0 Å². The first-order chi connectivity index (χ1) is 11.3. The Labute approximate surface area is 148 Å². The zero-order chi connectivity index (χ0) is 17.9. The molecule has 0 atom stereocenters. The standard InChI is InChI=1S/C15H10F2INO.CF2O/c16-11-4-1-9(2-5-11)7-19-8-10-3-6-12(17)14(18)13(10)15(19)20;2-1(3)4/h1-6H,7-8H2;. The first kappa shape index (κ1) is 18.4. The van der Waals surface area contributed by atoms with Gasteiger partial charge in [-0.15, -0.1) is 8.78 Å². The molecule has 0 aliphatic carbocycles. The largest absolute Gasteiger partial charge is 0.483 e. The van der Waals surface area contributed by atoms with Crippen LogP contribution >= 0.6 is 22.6 Å². The van der Waals surface area contributed by atoms with Crippen LogP contribution < -0.4 is 0 Å². The Hall–Kier alpha value is -1.97. The van der Waals surface area contributed by atoms with Gasteiger partial charge in [-0.05, 0) is 51.9 Å². The SMILES string of the molecule is O=C(F)F.O=C1c2c(ccc(F)c2I)CN1Cc1ccc(F)cc1. The van der Waals surface area contributed by atoms with Crippen molar-refractivity contribution in [2.45, 2.75) is 13.1 Å². The van der Waals surface area contributed by atoms with E-state index >= 15 is 0 Å². The molecule has 1 amide bonds. The third-order valence-electron chi connectivity index (χ3n) is 3.33. The number of hydrogen-bond donors (Lipinski definition) is 0. The summed E-state index contributed by atoms with van der Waals surface area (Å²) in [6.45, 7) is 0.854. The Morgan fingerprint density at radius 3 is 2.25 bits per heavy atom. The highest BCUT2D eigenvalue weighted by molar-refractivity contribution is 14.1. The average molecular weight is 451 g/mol. The molecule has 0 radical (unpaired) electrons. The van der Waals surface area contributed by atoms with E-state index in [1.807, 2.05) is 22.6 Å². The van der Waals surface area contributed by atoms with Gasteiger partial charge in [0.25, 0.3) is 5.91 Å². The number of halogens is 5. The Bertz CT molecular complexity index is 776. The quantitative estimate of drug-likeness (QED) is 0.375. The topological polar surface area (TPSA) is 37.4 Å². The van der Waals surface area contributed by atoms with Crippen LogP contribution in [0.25, 0.3) is 0 Å². The second-order valence-corrected chi connectivity index (χ2v) is 5.99. The van der Waals surface area contributed by atoms with Crippen molar-refractivity contribution in [3.8, 4) is 0 Å². The fourth-order valence-electron chi connectivity index (χ4n) is 2.33. The second kappa shape index (κ2) is 7.73. The number of benzene rings is 2. The molecule has 0 fully saturated rings. The highest BCUT2D eigenvalue weighted by atomic mass is 127. The van der Waals surface area contributed by atoms with Crippen LogP contribution in [0.3, 0.4) is 0 Å². The molecule has 0 aromatic heterocycles. The van der Waals surface area contributed by atoms with E-state index in [4.69, 9.17) is 4.79 Å². The molecule has 1 aliphatic heterocycles. The number of amides is 1. The fourth-order valence-corrected chi connectivity index (χ4v) is 3.08. The minimum atomic E-state index is -2.83. The van der Waals surface area contributed by atoms with Crippen LogP contribution in [0.15, 0.2) is 36.4 Å². The molecule has 0 bridgehead atoms. The minimum absolute atomic E-state index is 0.173. The predicted octanol–water partition coefficient (Wildman–Crippen LogP) is 4.77. The van der Waals surface area contributed by atoms with Crippen molar-refractivity contribution in [1.82, 2.24) is 4.90 Å². The molecular formula is C16H10F4INO2. The third kappa shape index (κ3) is 4.31. The highest BCUT2D eigenvalue weighted by Crippen LogP contribution is 2.29. The summed E-state index contributed by atoms with van der Waals surface area (Å²) in [7, 11) is 0. The summed E-state index contributed by atoms with van der Waals surface area (Å²) in [6.07, 6.45) is -2.83. The van der Waals surface area contributed by atoms with Crippen molar-refractivity contribution in [3.05, 3.63) is 68.3 Å². The molecule has 1 heterocycles. The van der Waals surface area contributed by atoms with E-state index in [2.05, 4.69) is 0 Å². The minimum Gasteiger partial charge on any atom is -0.330 e. The lowest BCUT2D eigenvalue weighted by atomic mass is 10.1. The lowest BCUT2D eigenvalue weighted by molar-refractivity contribution is 0.0765. The first-order valence-electron chi connectivity index (χ1n) is 6.65. The maximum absolute atomic E-state index is 13.5. The molecule has 2 aromatic rings. The number of carbonyl (C=O) groups is 2. The zero-order valence-electron chi connectivity index (χ0n) is 12.0. The Morgan fingerprint density at radius 1 is 1.08 bits per heavy atom. The van der Waals surface area contributed by atoms with Crippen LogP contribution in [0, 0.1) is 15.2 Å². The lowest BCUT2D eigenvalue weighted by Crippen LogP contribution is -2.23. The highest BCUT2D eigenvalue weighted by Gasteiger charge is 2.30. The van der Waals surface area contributed by atoms with Gasteiger partial charge in [-0.2, -0.15) is 0 Å². The normalized spacial score (nSPS) is 12.5. The molecule has 0 spiro atoms. The smallest absolute Gasteiger partial charge is 0.330 e. The molecular weight excluding hydrogens is 441 g/mol. The summed E-state index contributed by atoms with van der Waals surface area (Å²) in [5.74, 6) is -0.851. The molecule has 126 valence electrons. The van der Waals surface area contributed by atoms with Gasteiger partial charge in [0, 0.05) is 13.1 Å². The van der Waals surface area contributed by atoms with Crippen molar-refractivity contribution in [2.75, 3.05) is 0 Å². The van der Waals surface area contributed by atoms with Gasteiger partial charge in [-0.1, -0.05) is 18.2 Å². The molecule has 0 saturated carbocycles. The Kier molecular flexibility index (Phi) is 5.92. The molecule has 2 aromatic carbocycles. The Morgan fingerprint density at radius 2 is 1.67 bits per heavy atom. The van der Waals surface area contributed by atoms with Crippen LogP contribution in [0.5, 0.6) is 0 Å². The van der Waals surface area contributed by atoms with Crippen molar-refractivity contribution in [1.29, 1.82) is 0 Å². The molecule has 1 aliphatic rings. The molecule has 0 N–H and O–H groups in total. The summed E-state index contributed by atoms with van der Waals surface area (Å²) >= 11 is 1.86. The third-order valence-corrected chi connectivity index (χ3v) is 4.38. The van der Waals surface area contributed by atoms with Gasteiger partial charge in [0.05, 0.1) is 9.13 Å².